The number of hydrogen-bond acceptors (Lipinski definition) is 5. The number of carboxylic acids is 1. The summed E-state index contributed by atoms with van der Waals surface area (Å²) in [6.07, 6.45) is 1.63. The third-order valence-corrected chi connectivity index (χ3v) is 4.25. The van der Waals surface area contributed by atoms with Crippen LogP contribution in [0.2, 0.25) is 0 Å². The zero-order valence-electron chi connectivity index (χ0n) is 15.5. The molecule has 1 aliphatic heterocycles. The Morgan fingerprint density at radius 3 is 2.46 bits per heavy atom. The Labute approximate surface area is 162 Å². The maximum atomic E-state index is 12.9. The van der Waals surface area contributed by atoms with Crippen LogP contribution in [0.1, 0.15) is 18.5 Å². The molecule has 2 aromatic rings. The lowest BCUT2D eigenvalue weighted by molar-refractivity contribution is -0.142. The van der Waals surface area contributed by atoms with E-state index in [0.717, 1.165) is 11.3 Å². The number of ether oxygens (including phenoxy) is 1. The molecule has 0 aromatic heterocycles. The van der Waals surface area contributed by atoms with Gasteiger partial charge in [-0.15, -0.1) is 0 Å². The smallest absolute Gasteiger partial charge is 0.344 e. The van der Waals surface area contributed by atoms with E-state index < -0.39 is 12.6 Å². The highest BCUT2D eigenvalue weighted by Gasteiger charge is 2.43. The number of amides is 1. The van der Waals surface area contributed by atoms with Crippen LogP contribution >= 0.6 is 0 Å². The summed E-state index contributed by atoms with van der Waals surface area (Å²) in [5.74, 6) is -0.550. The van der Waals surface area contributed by atoms with Crippen molar-refractivity contribution in [2.45, 2.75) is 13.0 Å². The van der Waals surface area contributed by atoms with E-state index in [1.807, 2.05) is 42.5 Å². The number of anilines is 1. The van der Waals surface area contributed by atoms with Gasteiger partial charge in [-0.25, -0.2) is 4.79 Å². The van der Waals surface area contributed by atoms with Gasteiger partial charge in [0.05, 0.1) is 18.9 Å². The summed E-state index contributed by atoms with van der Waals surface area (Å²) in [6, 6.07) is 16.7. The van der Waals surface area contributed by atoms with Crippen molar-refractivity contribution in [1.29, 1.82) is 0 Å². The average molecular weight is 380 g/mol. The van der Waals surface area contributed by atoms with Crippen LogP contribution in [-0.4, -0.2) is 36.4 Å². The average Bonchev–Trinajstić information content (AvgIpc) is 2.70. The summed E-state index contributed by atoms with van der Waals surface area (Å²) in [5.41, 5.74) is 2.69. The van der Waals surface area contributed by atoms with E-state index in [2.05, 4.69) is 5.16 Å². The second-order valence-corrected chi connectivity index (χ2v) is 6.19. The van der Waals surface area contributed by atoms with Crippen molar-refractivity contribution in [3.05, 3.63) is 71.8 Å². The Morgan fingerprint density at radius 1 is 1.18 bits per heavy atom. The Bertz CT molecular complexity index is 920. The third-order valence-electron chi connectivity index (χ3n) is 4.25. The molecule has 28 heavy (non-hydrogen) atoms. The van der Waals surface area contributed by atoms with Gasteiger partial charge in [-0.2, -0.15) is 0 Å². The van der Waals surface area contributed by atoms with Gasteiger partial charge in [-0.05, 0) is 42.8 Å². The predicted molar refractivity (Wildman–Crippen MR) is 104 cm³/mol. The van der Waals surface area contributed by atoms with Crippen molar-refractivity contribution in [2.24, 2.45) is 5.16 Å². The molecule has 1 fully saturated rings. The van der Waals surface area contributed by atoms with Crippen molar-refractivity contribution in [2.75, 3.05) is 18.6 Å². The predicted octanol–water partition coefficient (Wildman–Crippen LogP) is 3.19. The maximum absolute atomic E-state index is 12.9. The summed E-state index contributed by atoms with van der Waals surface area (Å²) in [7, 11) is 1.59. The number of methoxy groups -OCH3 is 1. The van der Waals surface area contributed by atoms with Gasteiger partial charge in [0.1, 0.15) is 5.75 Å². The van der Waals surface area contributed by atoms with Gasteiger partial charge in [0.25, 0.3) is 5.91 Å². The highest BCUT2D eigenvalue weighted by Crippen LogP contribution is 2.43. The van der Waals surface area contributed by atoms with E-state index in [1.54, 1.807) is 37.1 Å². The number of rotatable bonds is 7. The van der Waals surface area contributed by atoms with Gasteiger partial charge < -0.3 is 14.7 Å². The van der Waals surface area contributed by atoms with E-state index in [4.69, 9.17) is 14.7 Å². The number of benzene rings is 2. The van der Waals surface area contributed by atoms with Crippen LogP contribution in [0.5, 0.6) is 5.75 Å². The molecule has 3 rings (SSSR count). The molecule has 7 nitrogen and oxygen atoms in total. The van der Waals surface area contributed by atoms with Crippen LogP contribution in [0.15, 0.2) is 71.4 Å². The number of carbonyl (C=O) groups is 2. The third kappa shape index (κ3) is 4.03. The number of aliphatic carboxylic acids is 1. The fourth-order valence-corrected chi connectivity index (χ4v) is 3.00. The van der Waals surface area contributed by atoms with Gasteiger partial charge >= 0.3 is 5.97 Å². The Kier molecular flexibility index (Phi) is 5.74. The van der Waals surface area contributed by atoms with Gasteiger partial charge in [0.2, 0.25) is 6.61 Å². The van der Waals surface area contributed by atoms with Gasteiger partial charge in [0.15, 0.2) is 0 Å². The molecule has 1 N–H and O–H groups in total. The second-order valence-electron chi connectivity index (χ2n) is 6.19. The van der Waals surface area contributed by atoms with Crippen molar-refractivity contribution in [3.63, 3.8) is 0 Å². The van der Waals surface area contributed by atoms with E-state index >= 15 is 0 Å². The summed E-state index contributed by atoms with van der Waals surface area (Å²) in [4.78, 5) is 29.8. The van der Waals surface area contributed by atoms with Crippen LogP contribution in [-0.2, 0) is 14.4 Å². The van der Waals surface area contributed by atoms with Crippen LogP contribution in [0.4, 0.5) is 5.69 Å². The fraction of sp³-hybridized carbons (Fsp3) is 0.190. The van der Waals surface area contributed by atoms with E-state index in [-0.39, 0.29) is 11.9 Å². The molecule has 144 valence electrons. The standard InChI is InChI=1S/C21H20N2O5/c1-14(22-28-13-19(24)25)12-18-20(15-6-4-3-5-7-15)23(21(18)26)16-8-10-17(27-2)11-9-16/h3-12,20H,13H2,1-2H3,(H,24,25)/b18-12+,22-14-. The second kappa shape index (κ2) is 8.39. The van der Waals surface area contributed by atoms with E-state index in [9.17, 15) is 9.59 Å². The molecule has 0 aliphatic carbocycles. The first kappa shape index (κ1) is 19.2. The van der Waals surface area contributed by atoms with Crippen molar-refractivity contribution < 1.29 is 24.3 Å². The number of oxime groups is 1. The summed E-state index contributed by atoms with van der Waals surface area (Å²) in [5, 5.41) is 12.4. The number of β-lactam (4-membered cyclic amide) rings is 1. The minimum atomic E-state index is -1.11. The highest BCUT2D eigenvalue weighted by atomic mass is 16.6. The first-order chi connectivity index (χ1) is 13.5. The largest absolute Gasteiger partial charge is 0.497 e. The number of nitrogens with zero attached hydrogens (tertiary/aromatic N) is 2. The van der Waals surface area contributed by atoms with Gasteiger partial charge in [-0.1, -0.05) is 35.5 Å². The number of hydrogen-bond donors (Lipinski definition) is 1. The SMILES string of the molecule is COc1ccc(N2C(=O)/C(=C/C(C)=N\OCC(=O)O)C2c2ccccc2)cc1. The molecule has 0 radical (unpaired) electrons. The molecule has 0 spiro atoms. The van der Waals surface area contributed by atoms with E-state index in [0.29, 0.717) is 17.0 Å². The zero-order chi connectivity index (χ0) is 20.1. The minimum Gasteiger partial charge on any atom is -0.497 e. The lowest BCUT2D eigenvalue weighted by Crippen LogP contribution is -2.49. The fourth-order valence-electron chi connectivity index (χ4n) is 3.00. The van der Waals surface area contributed by atoms with Crippen LogP contribution in [0.25, 0.3) is 0 Å². The summed E-state index contributed by atoms with van der Waals surface area (Å²) >= 11 is 0. The molecule has 1 aliphatic rings. The van der Waals surface area contributed by atoms with Crippen LogP contribution < -0.4 is 9.64 Å². The van der Waals surface area contributed by atoms with Gasteiger partial charge in [-0.3, -0.25) is 9.69 Å². The number of allylic oxidation sites excluding steroid dienone is 1. The molecule has 2 aromatic carbocycles. The first-order valence-electron chi connectivity index (χ1n) is 8.63. The van der Waals surface area contributed by atoms with Gasteiger partial charge in [0, 0.05) is 11.3 Å². The van der Waals surface area contributed by atoms with Crippen LogP contribution in [0, 0.1) is 0 Å². The molecule has 7 heteroatoms. The topological polar surface area (TPSA) is 88.4 Å². The quantitative estimate of drug-likeness (QED) is 0.345. The lowest BCUT2D eigenvalue weighted by Gasteiger charge is -2.43. The molecule has 1 atom stereocenters. The molecule has 0 bridgehead atoms. The normalized spacial score (nSPS) is 18.0. The molecule has 0 saturated carbocycles. The van der Waals surface area contributed by atoms with Crippen molar-refractivity contribution >= 4 is 23.3 Å². The van der Waals surface area contributed by atoms with Crippen molar-refractivity contribution in [1.82, 2.24) is 0 Å². The maximum Gasteiger partial charge on any atom is 0.344 e. The van der Waals surface area contributed by atoms with E-state index in [1.165, 1.54) is 0 Å². The van der Waals surface area contributed by atoms with Crippen molar-refractivity contribution in [3.8, 4) is 5.75 Å². The Hall–Kier alpha value is -3.61. The molecular formula is C21H20N2O5. The molecule has 1 amide bonds. The highest BCUT2D eigenvalue weighted by molar-refractivity contribution is 6.18. The first-order valence-corrected chi connectivity index (χ1v) is 8.63. The summed E-state index contributed by atoms with van der Waals surface area (Å²) < 4.78 is 5.18. The monoisotopic (exact) mass is 380 g/mol. The summed E-state index contributed by atoms with van der Waals surface area (Å²) in [6.45, 7) is 1.12. The molecule has 1 heterocycles. The molecular weight excluding hydrogens is 360 g/mol. The zero-order valence-corrected chi connectivity index (χ0v) is 15.5. The Balaban J connectivity index is 1.91. The molecule has 1 saturated heterocycles. The molecule has 1 unspecified atom stereocenters. The minimum absolute atomic E-state index is 0.146. The van der Waals surface area contributed by atoms with Crippen LogP contribution in [0.3, 0.4) is 0 Å². The lowest BCUT2D eigenvalue weighted by atomic mass is 9.86. The Morgan fingerprint density at radius 2 is 1.86 bits per heavy atom. The number of carbonyl (C=O) groups excluding carboxylic acids is 1. The number of carboxylic acid groups (broad SMARTS) is 1.